The van der Waals surface area contributed by atoms with Gasteiger partial charge in [0.05, 0.1) is 5.69 Å². The maximum absolute atomic E-state index is 12.1. The third kappa shape index (κ3) is 3.51. The van der Waals surface area contributed by atoms with Gasteiger partial charge in [0.1, 0.15) is 4.90 Å². The Morgan fingerprint density at radius 1 is 1.37 bits per heavy atom. The SMILES string of the molecule is NNc1ccncc1S(=O)(=O)NCCc1ccsc1. The van der Waals surface area contributed by atoms with Gasteiger partial charge in [-0.1, -0.05) is 0 Å². The van der Waals surface area contributed by atoms with E-state index in [4.69, 9.17) is 5.84 Å². The van der Waals surface area contributed by atoms with Gasteiger partial charge in [-0.3, -0.25) is 10.8 Å². The second kappa shape index (κ2) is 6.11. The molecule has 6 nitrogen and oxygen atoms in total. The molecule has 4 N–H and O–H groups in total. The van der Waals surface area contributed by atoms with E-state index >= 15 is 0 Å². The van der Waals surface area contributed by atoms with E-state index in [0.717, 1.165) is 5.56 Å². The molecule has 0 radical (unpaired) electrons. The first-order chi connectivity index (χ1) is 9.13. The predicted molar refractivity (Wildman–Crippen MR) is 75.3 cm³/mol. The third-order valence-corrected chi connectivity index (χ3v) is 4.74. The summed E-state index contributed by atoms with van der Waals surface area (Å²) in [5.41, 5.74) is 3.77. The number of nitrogen functional groups attached to an aromatic ring is 1. The molecular weight excluding hydrogens is 284 g/mol. The average Bonchev–Trinajstić information content (AvgIpc) is 2.91. The fourth-order valence-electron chi connectivity index (χ4n) is 1.56. The monoisotopic (exact) mass is 298 g/mol. The van der Waals surface area contributed by atoms with Crippen LogP contribution in [0.4, 0.5) is 5.69 Å². The van der Waals surface area contributed by atoms with Crippen LogP contribution in [0.15, 0.2) is 40.2 Å². The van der Waals surface area contributed by atoms with E-state index in [1.807, 2.05) is 16.8 Å². The lowest BCUT2D eigenvalue weighted by Crippen LogP contribution is -2.27. The molecule has 2 aromatic rings. The summed E-state index contributed by atoms with van der Waals surface area (Å²) < 4.78 is 26.7. The van der Waals surface area contributed by atoms with Gasteiger partial charge in [-0.05, 0) is 34.9 Å². The predicted octanol–water partition coefficient (Wildman–Crippen LogP) is 0.950. The first kappa shape index (κ1) is 13.9. The average molecular weight is 298 g/mol. The van der Waals surface area contributed by atoms with Gasteiger partial charge in [-0.25, -0.2) is 13.1 Å². The summed E-state index contributed by atoms with van der Waals surface area (Å²) in [4.78, 5) is 3.85. The Kier molecular flexibility index (Phi) is 4.48. The number of nitrogens with zero attached hydrogens (tertiary/aromatic N) is 1. The van der Waals surface area contributed by atoms with Crippen LogP contribution in [0.5, 0.6) is 0 Å². The Balaban J connectivity index is 2.05. The summed E-state index contributed by atoms with van der Waals surface area (Å²) in [5, 5.41) is 3.95. The molecule has 0 aromatic carbocycles. The number of aromatic nitrogens is 1. The van der Waals surface area contributed by atoms with Gasteiger partial charge in [-0.2, -0.15) is 11.3 Å². The number of hydrazine groups is 1. The molecule has 0 fully saturated rings. The maximum Gasteiger partial charge on any atom is 0.244 e. The van der Waals surface area contributed by atoms with Gasteiger partial charge in [-0.15, -0.1) is 0 Å². The zero-order valence-electron chi connectivity index (χ0n) is 10.0. The fraction of sp³-hybridized carbons (Fsp3) is 0.182. The summed E-state index contributed by atoms with van der Waals surface area (Å²) >= 11 is 1.59. The second-order valence-electron chi connectivity index (χ2n) is 3.80. The molecule has 2 rings (SSSR count). The second-order valence-corrected chi connectivity index (χ2v) is 6.31. The minimum atomic E-state index is -3.61. The Morgan fingerprint density at radius 3 is 2.89 bits per heavy atom. The molecule has 0 saturated carbocycles. The number of nitrogens with two attached hydrogens (primary N) is 1. The van der Waals surface area contributed by atoms with Gasteiger partial charge in [0.15, 0.2) is 0 Å². The highest BCUT2D eigenvalue weighted by atomic mass is 32.2. The Hall–Kier alpha value is -1.48. The quantitative estimate of drug-likeness (QED) is 0.545. The minimum absolute atomic E-state index is 0.0443. The number of sulfonamides is 1. The normalized spacial score (nSPS) is 11.4. The van der Waals surface area contributed by atoms with Crippen molar-refractivity contribution in [2.24, 2.45) is 5.84 Å². The van der Waals surface area contributed by atoms with Gasteiger partial charge in [0, 0.05) is 18.9 Å². The van der Waals surface area contributed by atoms with Gasteiger partial charge < -0.3 is 5.43 Å². The number of anilines is 1. The lowest BCUT2D eigenvalue weighted by molar-refractivity contribution is 0.581. The molecule has 0 aliphatic rings. The molecule has 0 amide bonds. The minimum Gasteiger partial charge on any atom is -0.323 e. The third-order valence-electron chi connectivity index (χ3n) is 2.52. The van der Waals surface area contributed by atoms with E-state index in [-0.39, 0.29) is 4.90 Å². The lowest BCUT2D eigenvalue weighted by Gasteiger charge is -2.09. The van der Waals surface area contributed by atoms with Crippen molar-refractivity contribution < 1.29 is 8.42 Å². The molecule has 2 aromatic heterocycles. The smallest absolute Gasteiger partial charge is 0.244 e. The highest BCUT2D eigenvalue weighted by molar-refractivity contribution is 7.89. The number of nitrogens with one attached hydrogen (secondary N) is 2. The summed E-state index contributed by atoms with van der Waals surface area (Å²) in [6, 6.07) is 3.48. The van der Waals surface area contributed by atoms with Crippen LogP contribution in [0.3, 0.4) is 0 Å². The van der Waals surface area contributed by atoms with E-state index in [1.54, 1.807) is 11.3 Å². The topological polar surface area (TPSA) is 97.1 Å². The van der Waals surface area contributed by atoms with Crippen molar-refractivity contribution in [2.75, 3.05) is 12.0 Å². The standard InChI is InChI=1S/C11H14N4O2S2/c12-15-10-2-4-13-7-11(10)19(16,17)14-5-1-9-3-6-18-8-9/h2-4,6-8,14H,1,5,12H2,(H,13,15). The van der Waals surface area contributed by atoms with Crippen molar-refractivity contribution >= 4 is 27.0 Å². The molecule has 0 atom stereocenters. The zero-order valence-corrected chi connectivity index (χ0v) is 11.7. The van der Waals surface area contributed by atoms with Crippen LogP contribution in [0.1, 0.15) is 5.56 Å². The van der Waals surface area contributed by atoms with E-state index in [2.05, 4.69) is 15.1 Å². The zero-order chi connectivity index (χ0) is 13.7. The highest BCUT2D eigenvalue weighted by Crippen LogP contribution is 2.17. The highest BCUT2D eigenvalue weighted by Gasteiger charge is 2.17. The molecule has 0 saturated heterocycles. The largest absolute Gasteiger partial charge is 0.323 e. The Labute approximate surface area is 115 Å². The first-order valence-corrected chi connectivity index (χ1v) is 7.97. The Morgan fingerprint density at radius 2 is 2.21 bits per heavy atom. The van der Waals surface area contributed by atoms with Crippen molar-refractivity contribution in [1.82, 2.24) is 9.71 Å². The van der Waals surface area contributed by atoms with E-state index in [1.165, 1.54) is 18.5 Å². The molecule has 0 unspecified atom stereocenters. The molecule has 0 aliphatic heterocycles. The lowest BCUT2D eigenvalue weighted by atomic mass is 10.2. The van der Waals surface area contributed by atoms with E-state index in [0.29, 0.717) is 18.7 Å². The Bertz CT molecular complexity index is 626. The summed E-state index contributed by atoms with van der Waals surface area (Å²) in [6.45, 7) is 0.331. The number of hydrogen-bond acceptors (Lipinski definition) is 6. The van der Waals surface area contributed by atoms with Crippen molar-refractivity contribution in [1.29, 1.82) is 0 Å². The summed E-state index contributed by atoms with van der Waals surface area (Å²) in [7, 11) is -3.61. The molecule has 0 spiro atoms. The van der Waals surface area contributed by atoms with E-state index < -0.39 is 10.0 Å². The molecule has 8 heteroatoms. The number of pyridine rings is 1. The van der Waals surface area contributed by atoms with Gasteiger partial charge >= 0.3 is 0 Å². The first-order valence-electron chi connectivity index (χ1n) is 5.55. The van der Waals surface area contributed by atoms with Crippen molar-refractivity contribution in [3.8, 4) is 0 Å². The molecule has 2 heterocycles. The molecule has 0 aliphatic carbocycles. The summed E-state index contributed by atoms with van der Waals surface area (Å²) in [6.07, 6.45) is 3.38. The van der Waals surface area contributed by atoms with Crippen LogP contribution in [0.2, 0.25) is 0 Å². The molecule has 19 heavy (non-hydrogen) atoms. The van der Waals surface area contributed by atoms with Crippen LogP contribution in [0.25, 0.3) is 0 Å². The van der Waals surface area contributed by atoms with Crippen molar-refractivity contribution in [3.05, 3.63) is 40.8 Å². The van der Waals surface area contributed by atoms with Crippen LogP contribution < -0.4 is 16.0 Å². The van der Waals surface area contributed by atoms with Gasteiger partial charge in [0.2, 0.25) is 10.0 Å². The molecule has 0 bridgehead atoms. The van der Waals surface area contributed by atoms with Crippen LogP contribution >= 0.6 is 11.3 Å². The number of rotatable bonds is 6. The summed E-state index contributed by atoms with van der Waals surface area (Å²) in [5.74, 6) is 5.28. The molecular formula is C11H14N4O2S2. The van der Waals surface area contributed by atoms with Crippen molar-refractivity contribution in [3.63, 3.8) is 0 Å². The van der Waals surface area contributed by atoms with Crippen LogP contribution in [-0.2, 0) is 16.4 Å². The van der Waals surface area contributed by atoms with Crippen LogP contribution in [-0.4, -0.2) is 19.9 Å². The molecule has 102 valence electrons. The van der Waals surface area contributed by atoms with E-state index in [9.17, 15) is 8.42 Å². The van der Waals surface area contributed by atoms with Crippen LogP contribution in [0, 0.1) is 0 Å². The number of thiophene rings is 1. The van der Waals surface area contributed by atoms with Crippen molar-refractivity contribution in [2.45, 2.75) is 11.3 Å². The number of hydrogen-bond donors (Lipinski definition) is 3. The maximum atomic E-state index is 12.1. The van der Waals surface area contributed by atoms with Gasteiger partial charge in [0.25, 0.3) is 0 Å². The fourth-order valence-corrected chi connectivity index (χ4v) is 3.40.